The minimum absolute atomic E-state index is 0.103. The number of esters is 2. The van der Waals surface area contributed by atoms with Gasteiger partial charge in [-0.15, -0.1) is 0 Å². The second-order valence-electron chi connectivity index (χ2n) is 4.88. The summed E-state index contributed by atoms with van der Waals surface area (Å²) in [6, 6.07) is -0.637. The summed E-state index contributed by atoms with van der Waals surface area (Å²) in [4.78, 5) is 25.0. The molecule has 1 rings (SSSR count). The third-order valence-corrected chi connectivity index (χ3v) is 3.35. The van der Waals surface area contributed by atoms with Gasteiger partial charge in [-0.3, -0.25) is 9.59 Å². The number of nitrogens with zero attached hydrogens (tertiary/aromatic N) is 3. The van der Waals surface area contributed by atoms with Crippen LogP contribution in [0.1, 0.15) is 20.8 Å². The summed E-state index contributed by atoms with van der Waals surface area (Å²) in [7, 11) is 5.64. The Labute approximate surface area is 124 Å². The molecule has 0 bridgehead atoms. The summed E-state index contributed by atoms with van der Waals surface area (Å²) in [5.74, 6) is -1.25. The van der Waals surface area contributed by atoms with Gasteiger partial charge in [0.1, 0.15) is 18.8 Å². The molecular weight excluding hydrogens is 277 g/mol. The minimum atomic E-state index is -0.824. The second-order valence-corrected chi connectivity index (χ2v) is 4.88. The Morgan fingerprint density at radius 2 is 2.00 bits per heavy atom. The molecule has 0 aliphatic carbocycles. The van der Waals surface area contributed by atoms with Gasteiger partial charge in [0.05, 0.1) is 20.0 Å². The van der Waals surface area contributed by atoms with Crippen LogP contribution in [0.15, 0.2) is 5.11 Å². The molecule has 1 aliphatic heterocycles. The Morgan fingerprint density at radius 1 is 1.33 bits per heavy atom. The van der Waals surface area contributed by atoms with Crippen LogP contribution in [0.2, 0.25) is 6.32 Å². The molecule has 1 saturated heterocycles. The van der Waals surface area contributed by atoms with Gasteiger partial charge in [-0.05, 0) is 11.4 Å². The SMILES string of the molecule is [B]C[C@H]1OC(COC(C)=O)[C@H](OC(C)=O)[C@H](N=[N+]=[N-])C1C. The highest BCUT2D eigenvalue weighted by Gasteiger charge is 2.45. The first-order chi connectivity index (χ1) is 9.90. The van der Waals surface area contributed by atoms with Gasteiger partial charge in [-0.2, -0.15) is 0 Å². The summed E-state index contributed by atoms with van der Waals surface area (Å²) < 4.78 is 15.8. The van der Waals surface area contributed by atoms with E-state index in [4.69, 9.17) is 27.6 Å². The van der Waals surface area contributed by atoms with Crippen molar-refractivity contribution in [3.8, 4) is 0 Å². The molecule has 0 N–H and O–H groups in total. The number of hydrogen-bond acceptors (Lipinski definition) is 6. The molecule has 1 heterocycles. The van der Waals surface area contributed by atoms with Crippen molar-refractivity contribution in [1.82, 2.24) is 0 Å². The maximum atomic E-state index is 11.3. The van der Waals surface area contributed by atoms with Crippen LogP contribution < -0.4 is 0 Å². The summed E-state index contributed by atoms with van der Waals surface area (Å²) in [6.07, 6.45) is -1.72. The van der Waals surface area contributed by atoms with Gasteiger partial charge >= 0.3 is 11.9 Å². The van der Waals surface area contributed by atoms with Gasteiger partial charge in [-0.25, -0.2) is 0 Å². The van der Waals surface area contributed by atoms with Crippen LogP contribution in [0.3, 0.4) is 0 Å². The molecule has 2 radical (unpaired) electrons. The summed E-state index contributed by atoms with van der Waals surface area (Å²) >= 11 is 0. The molecule has 0 aromatic rings. The van der Waals surface area contributed by atoms with Crippen LogP contribution in [0.5, 0.6) is 0 Å². The Balaban J connectivity index is 3.00. The normalized spacial score (nSPS) is 31.9. The molecule has 0 aromatic heterocycles. The van der Waals surface area contributed by atoms with E-state index in [1.54, 1.807) is 6.92 Å². The van der Waals surface area contributed by atoms with Crippen LogP contribution in [0.25, 0.3) is 10.4 Å². The number of carbonyl (C=O) groups excluding carboxylic acids is 2. The van der Waals surface area contributed by atoms with Gasteiger partial charge in [0.2, 0.25) is 0 Å². The third-order valence-electron chi connectivity index (χ3n) is 3.35. The van der Waals surface area contributed by atoms with Crippen molar-refractivity contribution >= 4 is 19.8 Å². The molecule has 2 unspecified atom stereocenters. The average Bonchev–Trinajstić information content (AvgIpc) is 2.41. The van der Waals surface area contributed by atoms with E-state index in [9.17, 15) is 9.59 Å². The Hall–Kier alpha value is -1.73. The van der Waals surface area contributed by atoms with Crippen molar-refractivity contribution in [3.05, 3.63) is 10.4 Å². The third kappa shape index (κ3) is 4.65. The highest BCUT2D eigenvalue weighted by molar-refractivity contribution is 6.08. The Morgan fingerprint density at radius 3 is 2.48 bits per heavy atom. The summed E-state index contributed by atoms with van der Waals surface area (Å²) in [5, 5.41) is 3.70. The maximum Gasteiger partial charge on any atom is 0.303 e. The lowest BCUT2D eigenvalue weighted by atomic mass is 9.81. The molecule has 1 fully saturated rings. The highest BCUT2D eigenvalue weighted by Crippen LogP contribution is 2.32. The molecule has 0 spiro atoms. The number of ether oxygens (including phenoxy) is 3. The Bertz CT molecular complexity index is 441. The molecule has 114 valence electrons. The molecule has 5 atom stereocenters. The van der Waals surface area contributed by atoms with Crippen LogP contribution in [-0.4, -0.2) is 50.7 Å². The predicted molar refractivity (Wildman–Crippen MR) is 73.5 cm³/mol. The van der Waals surface area contributed by atoms with E-state index in [-0.39, 0.29) is 24.9 Å². The van der Waals surface area contributed by atoms with Crippen LogP contribution >= 0.6 is 0 Å². The largest absolute Gasteiger partial charge is 0.463 e. The van der Waals surface area contributed by atoms with Gasteiger partial charge in [0, 0.05) is 18.8 Å². The first-order valence-electron chi connectivity index (χ1n) is 6.61. The quantitative estimate of drug-likeness (QED) is 0.248. The van der Waals surface area contributed by atoms with Gasteiger partial charge in [-0.1, -0.05) is 18.4 Å². The van der Waals surface area contributed by atoms with Gasteiger partial charge < -0.3 is 14.2 Å². The summed E-state index contributed by atoms with van der Waals surface area (Å²) in [6.45, 7) is 4.21. The van der Waals surface area contributed by atoms with Crippen molar-refractivity contribution in [1.29, 1.82) is 0 Å². The van der Waals surface area contributed by atoms with E-state index in [0.717, 1.165) is 0 Å². The first-order valence-corrected chi connectivity index (χ1v) is 6.61. The lowest BCUT2D eigenvalue weighted by Gasteiger charge is -2.43. The first kappa shape index (κ1) is 17.3. The molecular formula is C12H18BN3O5. The zero-order valence-corrected chi connectivity index (χ0v) is 12.3. The predicted octanol–water partition coefficient (Wildman–Crippen LogP) is 1.15. The average molecular weight is 295 g/mol. The zero-order valence-electron chi connectivity index (χ0n) is 12.3. The van der Waals surface area contributed by atoms with Crippen LogP contribution in [0.4, 0.5) is 0 Å². The standard InChI is InChI=1S/C12H18BN3O5/c1-6-9(4-13)21-10(5-19-7(2)17)12(20-8(3)18)11(6)15-16-14/h6,9-12H,4-5H2,1-3H3/t6?,9-,10?,11-,12+/m1/s1. The smallest absolute Gasteiger partial charge is 0.303 e. The fourth-order valence-electron chi connectivity index (χ4n) is 2.34. The van der Waals surface area contributed by atoms with Gasteiger partial charge in [0.15, 0.2) is 0 Å². The topological polar surface area (TPSA) is 111 Å². The molecule has 0 amide bonds. The number of rotatable bonds is 5. The molecule has 21 heavy (non-hydrogen) atoms. The second kappa shape index (κ2) is 7.90. The van der Waals surface area contributed by atoms with E-state index >= 15 is 0 Å². The van der Waals surface area contributed by atoms with Crippen LogP contribution in [-0.2, 0) is 23.8 Å². The lowest BCUT2D eigenvalue weighted by Crippen LogP contribution is -2.55. The molecule has 0 saturated carbocycles. The summed E-state index contributed by atoms with van der Waals surface area (Å²) in [5.41, 5.74) is 8.71. The molecule has 1 aliphatic rings. The van der Waals surface area contributed by atoms with Crippen LogP contribution in [0, 0.1) is 5.92 Å². The van der Waals surface area contributed by atoms with Gasteiger partial charge in [0.25, 0.3) is 0 Å². The maximum absolute atomic E-state index is 11.3. The van der Waals surface area contributed by atoms with E-state index < -0.39 is 30.2 Å². The minimum Gasteiger partial charge on any atom is -0.463 e. The van der Waals surface area contributed by atoms with Crippen molar-refractivity contribution in [3.63, 3.8) is 0 Å². The highest BCUT2D eigenvalue weighted by atomic mass is 16.6. The van der Waals surface area contributed by atoms with E-state index in [0.29, 0.717) is 0 Å². The number of hydrogen-bond donors (Lipinski definition) is 0. The van der Waals surface area contributed by atoms with E-state index in [1.807, 2.05) is 0 Å². The van der Waals surface area contributed by atoms with Crippen molar-refractivity contribution in [2.24, 2.45) is 11.0 Å². The number of azide groups is 1. The van der Waals surface area contributed by atoms with Crippen molar-refractivity contribution < 1.29 is 23.8 Å². The molecule has 8 nitrogen and oxygen atoms in total. The zero-order chi connectivity index (χ0) is 16.0. The Kier molecular flexibility index (Phi) is 6.52. The lowest BCUT2D eigenvalue weighted by molar-refractivity contribution is -0.192. The number of carbonyl (C=O) groups is 2. The fourth-order valence-corrected chi connectivity index (χ4v) is 2.34. The van der Waals surface area contributed by atoms with E-state index in [1.165, 1.54) is 13.8 Å². The molecule has 9 heteroatoms. The van der Waals surface area contributed by atoms with Crippen molar-refractivity contribution in [2.75, 3.05) is 6.61 Å². The van der Waals surface area contributed by atoms with E-state index in [2.05, 4.69) is 10.0 Å². The fraction of sp³-hybridized carbons (Fsp3) is 0.833. The monoisotopic (exact) mass is 295 g/mol. The van der Waals surface area contributed by atoms with Crippen molar-refractivity contribution in [2.45, 2.75) is 51.4 Å². The molecule has 0 aromatic carbocycles.